The van der Waals surface area contributed by atoms with Gasteiger partial charge < -0.3 is 20.1 Å². The van der Waals surface area contributed by atoms with Crippen LogP contribution in [-0.2, 0) is 0 Å². The van der Waals surface area contributed by atoms with Gasteiger partial charge in [-0.15, -0.1) is 11.3 Å². The number of aryl methyl sites for hydroxylation is 1. The molecule has 1 aliphatic rings. The largest absolute Gasteiger partial charge is 0.488 e. The van der Waals surface area contributed by atoms with E-state index in [2.05, 4.69) is 26.2 Å². The van der Waals surface area contributed by atoms with Gasteiger partial charge in [-0.1, -0.05) is 6.07 Å². The number of aliphatic hydroxyl groups excluding tert-OH is 1. The van der Waals surface area contributed by atoms with Crippen molar-refractivity contribution in [2.75, 3.05) is 23.4 Å². The fourth-order valence-electron chi connectivity index (χ4n) is 3.12. The van der Waals surface area contributed by atoms with Crippen molar-refractivity contribution in [3.63, 3.8) is 0 Å². The summed E-state index contributed by atoms with van der Waals surface area (Å²) in [4.78, 5) is 20.2. The number of carbonyl (C=O) groups is 1. The highest BCUT2D eigenvalue weighted by Crippen LogP contribution is 2.42. The van der Waals surface area contributed by atoms with Crippen LogP contribution >= 0.6 is 27.3 Å². The van der Waals surface area contributed by atoms with Gasteiger partial charge in [0.05, 0.1) is 28.4 Å². The van der Waals surface area contributed by atoms with Crippen LogP contribution in [0.4, 0.5) is 20.9 Å². The average Bonchev–Trinajstić information content (AvgIpc) is 3.15. The predicted octanol–water partition coefficient (Wildman–Crippen LogP) is 4.50. The zero-order valence-corrected chi connectivity index (χ0v) is 17.8. The molecule has 0 aliphatic carbocycles. The Labute approximate surface area is 179 Å². The van der Waals surface area contributed by atoms with E-state index in [9.17, 15) is 14.3 Å². The van der Waals surface area contributed by atoms with E-state index in [1.807, 2.05) is 17.9 Å². The van der Waals surface area contributed by atoms with E-state index in [1.165, 1.54) is 23.5 Å². The summed E-state index contributed by atoms with van der Waals surface area (Å²) in [6.45, 7) is 2.05. The number of hydrogen-bond donors (Lipinski definition) is 2. The minimum atomic E-state index is -0.467. The number of nitrogens with one attached hydrogen (secondary N) is 1. The number of thiazole rings is 1. The molecule has 0 saturated heterocycles. The first kappa shape index (κ1) is 19.8. The molecule has 1 amide bonds. The third-order valence-corrected chi connectivity index (χ3v) is 6.04. The second-order valence-corrected chi connectivity index (χ2v) is 8.58. The molecule has 0 saturated carbocycles. The molecule has 9 heteroatoms. The summed E-state index contributed by atoms with van der Waals surface area (Å²) in [7, 11) is 0. The van der Waals surface area contributed by atoms with Crippen molar-refractivity contribution < 1.29 is 19.0 Å². The highest BCUT2D eigenvalue weighted by atomic mass is 79.9. The Morgan fingerprint density at radius 1 is 1.45 bits per heavy atom. The Kier molecular flexibility index (Phi) is 5.53. The Hall–Kier alpha value is -2.49. The minimum absolute atomic E-state index is 0.118. The van der Waals surface area contributed by atoms with E-state index in [0.29, 0.717) is 27.2 Å². The van der Waals surface area contributed by atoms with Crippen molar-refractivity contribution in [2.45, 2.75) is 13.0 Å². The van der Waals surface area contributed by atoms with Crippen LogP contribution in [-0.4, -0.2) is 35.3 Å². The molecule has 0 radical (unpaired) electrons. The zero-order chi connectivity index (χ0) is 20.5. The fourth-order valence-corrected chi connectivity index (χ4v) is 4.21. The van der Waals surface area contributed by atoms with Crippen molar-refractivity contribution in [3.05, 3.63) is 63.3 Å². The standard InChI is InChI=1S/C20H17BrFN3O3S/c1-11-8-23-20(29-11)25-13(9-26)10-28-18-14(3-2-4-17(18)25)19(27)24-12-5-6-15(21)16(22)7-12/h2-8,13,26H,9-10H2,1H3,(H,24,27)/t13-/m0/s1. The Morgan fingerprint density at radius 2 is 2.28 bits per heavy atom. The lowest BCUT2D eigenvalue weighted by atomic mass is 10.1. The number of hydrogen-bond acceptors (Lipinski definition) is 6. The lowest BCUT2D eigenvalue weighted by Crippen LogP contribution is -2.42. The molecule has 0 unspecified atom stereocenters. The summed E-state index contributed by atoms with van der Waals surface area (Å²) < 4.78 is 19.9. The van der Waals surface area contributed by atoms with E-state index in [-0.39, 0.29) is 19.3 Å². The molecule has 150 valence electrons. The predicted molar refractivity (Wildman–Crippen MR) is 114 cm³/mol. The van der Waals surface area contributed by atoms with Crippen molar-refractivity contribution in [2.24, 2.45) is 0 Å². The summed E-state index contributed by atoms with van der Waals surface area (Å²) in [6, 6.07) is 9.27. The van der Waals surface area contributed by atoms with Crippen LogP contribution in [0, 0.1) is 12.7 Å². The number of benzene rings is 2. The van der Waals surface area contributed by atoms with Crippen molar-refractivity contribution in [3.8, 4) is 5.75 Å². The Bertz CT molecular complexity index is 1070. The number of halogens is 2. The van der Waals surface area contributed by atoms with Gasteiger partial charge in [-0.05, 0) is 53.2 Å². The second kappa shape index (κ2) is 8.10. The maximum absolute atomic E-state index is 13.8. The number of fused-ring (bicyclic) bond motifs is 1. The van der Waals surface area contributed by atoms with Crippen LogP contribution in [0.25, 0.3) is 0 Å². The van der Waals surface area contributed by atoms with Gasteiger partial charge in [0.1, 0.15) is 12.4 Å². The second-order valence-electron chi connectivity index (χ2n) is 6.51. The molecule has 1 aliphatic heterocycles. The summed E-state index contributed by atoms with van der Waals surface area (Å²) in [5, 5.41) is 13.2. The first-order valence-electron chi connectivity index (χ1n) is 8.82. The fraction of sp³-hybridized carbons (Fsp3) is 0.200. The number of aliphatic hydroxyl groups is 1. The molecule has 0 fully saturated rings. The summed E-state index contributed by atoms with van der Waals surface area (Å²) in [5.74, 6) is -0.480. The van der Waals surface area contributed by atoms with Crippen LogP contribution in [0.1, 0.15) is 15.2 Å². The lowest BCUT2D eigenvalue weighted by Gasteiger charge is -2.36. The summed E-state index contributed by atoms with van der Waals surface area (Å²) in [5.41, 5.74) is 1.31. The molecule has 6 nitrogen and oxygen atoms in total. The van der Waals surface area contributed by atoms with Gasteiger partial charge in [-0.2, -0.15) is 0 Å². The smallest absolute Gasteiger partial charge is 0.259 e. The average molecular weight is 478 g/mol. The van der Waals surface area contributed by atoms with E-state index in [0.717, 1.165) is 10.0 Å². The van der Waals surface area contributed by atoms with Gasteiger partial charge in [0.15, 0.2) is 10.9 Å². The molecule has 3 aromatic rings. The van der Waals surface area contributed by atoms with Crippen LogP contribution in [0.3, 0.4) is 0 Å². The normalized spacial score (nSPS) is 15.6. The van der Waals surface area contributed by atoms with Gasteiger partial charge in [0, 0.05) is 16.8 Å². The number of anilines is 3. The molecular weight excluding hydrogens is 461 g/mol. The highest BCUT2D eigenvalue weighted by molar-refractivity contribution is 9.10. The maximum atomic E-state index is 13.8. The topological polar surface area (TPSA) is 74.7 Å². The third-order valence-electron chi connectivity index (χ3n) is 4.49. The van der Waals surface area contributed by atoms with Gasteiger partial charge in [-0.25, -0.2) is 9.37 Å². The van der Waals surface area contributed by atoms with E-state index in [4.69, 9.17) is 4.74 Å². The Balaban J connectivity index is 1.70. The number of nitrogens with zero attached hydrogens (tertiary/aromatic N) is 2. The third kappa shape index (κ3) is 3.85. The number of para-hydroxylation sites is 1. The minimum Gasteiger partial charge on any atom is -0.488 e. The summed E-state index contributed by atoms with van der Waals surface area (Å²) in [6.07, 6.45) is 1.77. The monoisotopic (exact) mass is 477 g/mol. The lowest BCUT2D eigenvalue weighted by molar-refractivity contribution is 0.102. The van der Waals surface area contributed by atoms with Crippen LogP contribution in [0.15, 0.2) is 47.1 Å². The molecule has 29 heavy (non-hydrogen) atoms. The van der Waals surface area contributed by atoms with Crippen LogP contribution in [0.5, 0.6) is 5.75 Å². The van der Waals surface area contributed by atoms with Crippen molar-refractivity contribution in [1.82, 2.24) is 4.98 Å². The molecule has 0 bridgehead atoms. The first-order chi connectivity index (χ1) is 14.0. The number of rotatable bonds is 4. The van der Waals surface area contributed by atoms with Gasteiger partial charge in [0.2, 0.25) is 0 Å². The Morgan fingerprint density at radius 3 is 2.97 bits per heavy atom. The highest BCUT2D eigenvalue weighted by Gasteiger charge is 2.32. The number of carbonyl (C=O) groups excluding carboxylic acids is 1. The zero-order valence-electron chi connectivity index (χ0n) is 15.4. The van der Waals surface area contributed by atoms with E-state index < -0.39 is 11.7 Å². The molecular formula is C20H17BrFN3O3S. The van der Waals surface area contributed by atoms with Crippen molar-refractivity contribution >= 4 is 49.7 Å². The molecule has 1 aromatic heterocycles. The SMILES string of the molecule is Cc1cnc(N2c3cccc(C(=O)Nc4ccc(Br)c(F)c4)c3OC[C@@H]2CO)s1. The molecule has 2 N–H and O–H groups in total. The molecule has 0 spiro atoms. The van der Waals surface area contributed by atoms with E-state index >= 15 is 0 Å². The number of ether oxygens (including phenoxy) is 1. The van der Waals surface area contributed by atoms with E-state index in [1.54, 1.807) is 24.4 Å². The number of amides is 1. The van der Waals surface area contributed by atoms with Crippen LogP contribution < -0.4 is 15.0 Å². The summed E-state index contributed by atoms with van der Waals surface area (Å²) >= 11 is 4.59. The molecule has 2 heterocycles. The quantitative estimate of drug-likeness (QED) is 0.578. The van der Waals surface area contributed by atoms with Gasteiger partial charge in [-0.3, -0.25) is 4.79 Å². The molecule has 1 atom stereocenters. The first-order valence-corrected chi connectivity index (χ1v) is 10.4. The number of aromatic nitrogens is 1. The molecule has 4 rings (SSSR count). The van der Waals surface area contributed by atoms with Crippen LogP contribution in [0.2, 0.25) is 0 Å². The van der Waals surface area contributed by atoms with Gasteiger partial charge in [0.25, 0.3) is 5.91 Å². The maximum Gasteiger partial charge on any atom is 0.259 e. The molecule has 2 aromatic carbocycles. The van der Waals surface area contributed by atoms with Crippen molar-refractivity contribution in [1.29, 1.82) is 0 Å². The van der Waals surface area contributed by atoms with Gasteiger partial charge >= 0.3 is 0 Å².